The van der Waals surface area contributed by atoms with Gasteiger partial charge in [0.1, 0.15) is 5.76 Å². The standard InChI is InChI=1S/C14H24N2O/c1-4-15-14(2,3)11-16(12-7-8-12)10-13-6-5-9-17-13/h5-6,9,12,15H,4,7-8,10-11H2,1-3H3. The first kappa shape index (κ1) is 12.7. The molecule has 3 heteroatoms. The zero-order chi connectivity index (χ0) is 12.3. The molecule has 1 aliphatic rings. The first-order valence-corrected chi connectivity index (χ1v) is 6.62. The van der Waals surface area contributed by atoms with Crippen molar-refractivity contribution < 1.29 is 4.42 Å². The Hall–Kier alpha value is -0.800. The molecule has 1 heterocycles. The van der Waals surface area contributed by atoms with Crippen LogP contribution in [0.4, 0.5) is 0 Å². The average molecular weight is 236 g/mol. The lowest BCUT2D eigenvalue weighted by Gasteiger charge is -2.33. The molecule has 0 radical (unpaired) electrons. The number of likely N-dealkylation sites (N-methyl/N-ethyl adjacent to an activating group) is 1. The van der Waals surface area contributed by atoms with Gasteiger partial charge in [0.15, 0.2) is 0 Å². The fourth-order valence-electron chi connectivity index (χ4n) is 2.40. The number of nitrogens with one attached hydrogen (secondary N) is 1. The van der Waals surface area contributed by atoms with E-state index in [4.69, 9.17) is 4.42 Å². The van der Waals surface area contributed by atoms with Crippen LogP contribution in [0.2, 0.25) is 0 Å². The highest BCUT2D eigenvalue weighted by molar-refractivity contribution is 5.01. The molecule has 0 aromatic carbocycles. The van der Waals surface area contributed by atoms with Crippen molar-refractivity contribution in [1.82, 2.24) is 10.2 Å². The maximum Gasteiger partial charge on any atom is 0.117 e. The third kappa shape index (κ3) is 3.86. The number of nitrogens with zero attached hydrogens (tertiary/aromatic N) is 1. The first-order chi connectivity index (χ1) is 8.11. The van der Waals surface area contributed by atoms with Crippen LogP contribution in [-0.4, -0.2) is 29.6 Å². The van der Waals surface area contributed by atoms with Crippen LogP contribution in [0.1, 0.15) is 39.4 Å². The molecule has 17 heavy (non-hydrogen) atoms. The monoisotopic (exact) mass is 236 g/mol. The summed E-state index contributed by atoms with van der Waals surface area (Å²) in [6.07, 6.45) is 4.43. The van der Waals surface area contributed by atoms with E-state index in [2.05, 4.69) is 37.1 Å². The van der Waals surface area contributed by atoms with Gasteiger partial charge in [-0.25, -0.2) is 0 Å². The number of rotatable bonds is 7. The normalized spacial score (nSPS) is 16.7. The second-order valence-corrected chi connectivity index (χ2v) is 5.63. The van der Waals surface area contributed by atoms with E-state index in [1.807, 2.05) is 6.07 Å². The van der Waals surface area contributed by atoms with Gasteiger partial charge in [0.2, 0.25) is 0 Å². The second kappa shape index (κ2) is 5.23. The third-order valence-corrected chi connectivity index (χ3v) is 3.26. The molecule has 0 spiro atoms. The van der Waals surface area contributed by atoms with Crippen molar-refractivity contribution >= 4 is 0 Å². The molecule has 1 aromatic heterocycles. The van der Waals surface area contributed by atoms with Gasteiger partial charge in [0, 0.05) is 18.1 Å². The maximum absolute atomic E-state index is 5.45. The summed E-state index contributed by atoms with van der Waals surface area (Å²) >= 11 is 0. The molecule has 0 aliphatic heterocycles. The molecule has 1 fully saturated rings. The van der Waals surface area contributed by atoms with Crippen molar-refractivity contribution in [3.05, 3.63) is 24.2 Å². The van der Waals surface area contributed by atoms with Crippen molar-refractivity contribution in [1.29, 1.82) is 0 Å². The maximum atomic E-state index is 5.45. The minimum absolute atomic E-state index is 0.171. The van der Waals surface area contributed by atoms with E-state index in [0.717, 1.165) is 31.4 Å². The van der Waals surface area contributed by atoms with Crippen molar-refractivity contribution in [3.8, 4) is 0 Å². The van der Waals surface area contributed by atoms with Gasteiger partial charge in [-0.2, -0.15) is 0 Å². The van der Waals surface area contributed by atoms with Crippen LogP contribution in [0.15, 0.2) is 22.8 Å². The van der Waals surface area contributed by atoms with Gasteiger partial charge in [-0.3, -0.25) is 4.90 Å². The van der Waals surface area contributed by atoms with Gasteiger partial charge in [-0.1, -0.05) is 6.92 Å². The van der Waals surface area contributed by atoms with Crippen LogP contribution < -0.4 is 5.32 Å². The Morgan fingerprint density at radius 2 is 2.24 bits per heavy atom. The van der Waals surface area contributed by atoms with Crippen molar-refractivity contribution in [3.63, 3.8) is 0 Å². The molecule has 0 amide bonds. The molecule has 1 N–H and O–H groups in total. The highest BCUT2D eigenvalue weighted by Crippen LogP contribution is 2.29. The molecule has 0 atom stereocenters. The van der Waals surface area contributed by atoms with Crippen LogP contribution in [0.25, 0.3) is 0 Å². The smallest absolute Gasteiger partial charge is 0.117 e. The minimum Gasteiger partial charge on any atom is -0.468 e. The van der Waals surface area contributed by atoms with Gasteiger partial charge in [0.25, 0.3) is 0 Å². The summed E-state index contributed by atoms with van der Waals surface area (Å²) in [7, 11) is 0. The van der Waals surface area contributed by atoms with E-state index >= 15 is 0 Å². The topological polar surface area (TPSA) is 28.4 Å². The molecule has 96 valence electrons. The van der Waals surface area contributed by atoms with E-state index in [9.17, 15) is 0 Å². The molecular weight excluding hydrogens is 212 g/mol. The van der Waals surface area contributed by atoms with Gasteiger partial charge in [-0.15, -0.1) is 0 Å². The van der Waals surface area contributed by atoms with E-state index in [-0.39, 0.29) is 5.54 Å². The molecule has 2 rings (SSSR count). The lowest BCUT2D eigenvalue weighted by Crippen LogP contribution is -2.49. The summed E-state index contributed by atoms with van der Waals surface area (Å²) in [6.45, 7) is 9.74. The first-order valence-electron chi connectivity index (χ1n) is 6.62. The van der Waals surface area contributed by atoms with Crippen molar-refractivity contribution in [2.24, 2.45) is 0 Å². The largest absolute Gasteiger partial charge is 0.468 e. The molecule has 1 aromatic rings. The summed E-state index contributed by atoms with van der Waals surface area (Å²) in [6, 6.07) is 4.80. The van der Waals surface area contributed by atoms with E-state index in [1.165, 1.54) is 12.8 Å². The van der Waals surface area contributed by atoms with Crippen LogP contribution in [-0.2, 0) is 6.54 Å². The summed E-state index contributed by atoms with van der Waals surface area (Å²) in [5, 5.41) is 3.54. The molecule has 1 aliphatic carbocycles. The van der Waals surface area contributed by atoms with Crippen LogP contribution >= 0.6 is 0 Å². The molecule has 0 bridgehead atoms. The van der Waals surface area contributed by atoms with Gasteiger partial charge < -0.3 is 9.73 Å². The Morgan fingerprint density at radius 3 is 2.76 bits per heavy atom. The quantitative estimate of drug-likeness (QED) is 0.789. The number of hydrogen-bond acceptors (Lipinski definition) is 3. The molecule has 0 unspecified atom stereocenters. The van der Waals surface area contributed by atoms with Gasteiger partial charge >= 0.3 is 0 Å². The molecule has 1 saturated carbocycles. The van der Waals surface area contributed by atoms with E-state index < -0.39 is 0 Å². The zero-order valence-corrected chi connectivity index (χ0v) is 11.2. The third-order valence-electron chi connectivity index (χ3n) is 3.26. The molecular formula is C14H24N2O. The minimum atomic E-state index is 0.171. The Morgan fingerprint density at radius 1 is 1.47 bits per heavy atom. The Bertz CT molecular complexity index is 328. The van der Waals surface area contributed by atoms with E-state index in [1.54, 1.807) is 6.26 Å². The Labute approximate surface area is 104 Å². The number of furan rings is 1. The Balaban J connectivity index is 1.93. The molecule has 0 saturated heterocycles. The van der Waals surface area contributed by atoms with Crippen LogP contribution in [0, 0.1) is 0 Å². The van der Waals surface area contributed by atoms with Crippen molar-refractivity contribution in [2.75, 3.05) is 13.1 Å². The van der Waals surface area contributed by atoms with Crippen LogP contribution in [0.5, 0.6) is 0 Å². The summed E-state index contributed by atoms with van der Waals surface area (Å²) in [5.74, 6) is 1.07. The highest BCUT2D eigenvalue weighted by Gasteiger charge is 2.33. The Kier molecular flexibility index (Phi) is 3.89. The fraction of sp³-hybridized carbons (Fsp3) is 0.714. The predicted octanol–water partition coefficient (Wildman–Crippen LogP) is 2.63. The zero-order valence-electron chi connectivity index (χ0n) is 11.2. The lowest BCUT2D eigenvalue weighted by molar-refractivity contribution is 0.175. The average Bonchev–Trinajstić information content (AvgIpc) is 2.97. The van der Waals surface area contributed by atoms with Gasteiger partial charge in [-0.05, 0) is 45.4 Å². The SMILES string of the molecule is CCNC(C)(C)CN(Cc1ccco1)C1CC1. The molecule has 3 nitrogen and oxygen atoms in total. The van der Waals surface area contributed by atoms with E-state index in [0.29, 0.717) is 0 Å². The van der Waals surface area contributed by atoms with Crippen LogP contribution in [0.3, 0.4) is 0 Å². The summed E-state index contributed by atoms with van der Waals surface area (Å²) in [5.41, 5.74) is 0.171. The summed E-state index contributed by atoms with van der Waals surface area (Å²) in [4.78, 5) is 2.54. The summed E-state index contributed by atoms with van der Waals surface area (Å²) < 4.78 is 5.45. The highest BCUT2D eigenvalue weighted by atomic mass is 16.3. The lowest BCUT2D eigenvalue weighted by atomic mass is 10.0. The van der Waals surface area contributed by atoms with Gasteiger partial charge in [0.05, 0.1) is 12.8 Å². The van der Waals surface area contributed by atoms with Crippen molar-refractivity contribution in [2.45, 2.75) is 51.7 Å². The number of hydrogen-bond donors (Lipinski definition) is 1. The second-order valence-electron chi connectivity index (χ2n) is 5.63. The predicted molar refractivity (Wildman–Crippen MR) is 69.9 cm³/mol. The fourth-order valence-corrected chi connectivity index (χ4v) is 2.40.